The number of benzene rings is 3. The summed E-state index contributed by atoms with van der Waals surface area (Å²) in [6.45, 7) is 26.6. The number of allylic oxidation sites excluding steroid dienone is 2. The van der Waals surface area contributed by atoms with Gasteiger partial charge in [0.2, 0.25) is 0 Å². The quantitative estimate of drug-likeness (QED) is 0.115. The molecule has 1 aliphatic carbocycles. The average molecular weight is 797 g/mol. The Bertz CT molecular complexity index is 1770. The molecule has 0 saturated heterocycles. The fraction of sp³-hybridized carbons (Fsp3) is 0.476. The van der Waals surface area contributed by atoms with Gasteiger partial charge in [0.25, 0.3) is 0 Å². The molecule has 249 valence electrons. The molecule has 3 aromatic carbocycles. The fourth-order valence-electron chi connectivity index (χ4n) is 7.44. The van der Waals surface area contributed by atoms with Crippen LogP contribution in [-0.2, 0) is 35.7 Å². The Kier molecular flexibility index (Phi) is 11.9. The summed E-state index contributed by atoms with van der Waals surface area (Å²) in [5.41, 5.74) is 11.4. The van der Waals surface area contributed by atoms with E-state index in [4.69, 9.17) is 4.98 Å². The maximum Gasteiger partial charge on any atom is 0.162 e. The van der Waals surface area contributed by atoms with Gasteiger partial charge in [-0.1, -0.05) is 114 Å². The molecule has 1 aliphatic rings. The molecule has 0 saturated carbocycles. The van der Waals surface area contributed by atoms with E-state index in [0.29, 0.717) is 0 Å². The van der Waals surface area contributed by atoms with Gasteiger partial charge in [-0.2, -0.15) is 0 Å². The predicted molar refractivity (Wildman–Crippen MR) is 192 cm³/mol. The topological polar surface area (TPSA) is 50.2 Å². The van der Waals surface area contributed by atoms with Crippen LogP contribution in [0.5, 0.6) is 0 Å². The summed E-state index contributed by atoms with van der Waals surface area (Å²) < 4.78 is 0. The van der Waals surface area contributed by atoms with Crippen molar-refractivity contribution < 1.29 is 30.0 Å². The Morgan fingerprint density at radius 1 is 0.804 bits per heavy atom. The minimum Gasteiger partial charge on any atom is -0.512 e. The SMILES string of the molecule is CCC(CC)C(=O)/C=C(\O)C(CC)CC.Cc1cc2[c-]c3c(c(C)c2cc1C)C(C)(C)C(C)(C)c1c-3nc2ccccc2c1C.[Ir]. The van der Waals surface area contributed by atoms with E-state index < -0.39 is 0 Å². The zero-order chi connectivity index (χ0) is 33.4. The number of ketones is 1. The molecule has 0 amide bonds. The monoisotopic (exact) mass is 797 g/mol. The number of pyridine rings is 1. The number of aliphatic hydroxyl groups excluding tert-OH is 1. The number of nitrogens with zero attached hydrogens (tertiary/aromatic N) is 1. The molecule has 3 nitrogen and oxygen atoms in total. The van der Waals surface area contributed by atoms with Gasteiger partial charge in [0.1, 0.15) is 0 Å². The number of aromatic nitrogens is 1. The minimum absolute atomic E-state index is 0. The van der Waals surface area contributed by atoms with Gasteiger partial charge in [0.05, 0.1) is 11.3 Å². The van der Waals surface area contributed by atoms with E-state index in [1.165, 1.54) is 61.2 Å². The van der Waals surface area contributed by atoms with Crippen LogP contribution in [0.2, 0.25) is 0 Å². The minimum atomic E-state index is -0.0531. The number of hydrogen-bond donors (Lipinski definition) is 1. The maximum atomic E-state index is 11.7. The fourth-order valence-corrected chi connectivity index (χ4v) is 7.44. The van der Waals surface area contributed by atoms with E-state index in [-0.39, 0.29) is 54.3 Å². The number of hydrogen-bond acceptors (Lipinski definition) is 3. The summed E-state index contributed by atoms with van der Waals surface area (Å²) in [5, 5.41) is 13.5. The van der Waals surface area contributed by atoms with Crippen molar-refractivity contribution in [1.29, 1.82) is 0 Å². The number of rotatable bonds is 7. The second kappa shape index (κ2) is 14.5. The normalized spacial score (nSPS) is 14.9. The van der Waals surface area contributed by atoms with E-state index in [1.807, 2.05) is 27.7 Å². The Morgan fingerprint density at radius 3 is 1.91 bits per heavy atom. The molecule has 0 fully saturated rings. The molecule has 0 atom stereocenters. The molecule has 46 heavy (non-hydrogen) atoms. The average Bonchev–Trinajstić information content (AvgIpc) is 2.98. The van der Waals surface area contributed by atoms with Crippen LogP contribution in [0.15, 0.2) is 48.2 Å². The van der Waals surface area contributed by atoms with Gasteiger partial charge in [0.15, 0.2) is 5.78 Å². The van der Waals surface area contributed by atoms with Crippen LogP contribution in [-0.4, -0.2) is 15.9 Å². The first-order valence-electron chi connectivity index (χ1n) is 17.0. The Balaban J connectivity index is 0.000000309. The number of para-hydroxylation sites is 1. The first kappa shape index (κ1) is 37.6. The number of carbonyl (C=O) groups is 1. The van der Waals surface area contributed by atoms with Crippen LogP contribution in [0, 0.1) is 45.6 Å². The summed E-state index contributed by atoms with van der Waals surface area (Å²) in [4.78, 5) is 17.0. The molecule has 0 bridgehead atoms. The van der Waals surface area contributed by atoms with Crippen molar-refractivity contribution in [3.8, 4) is 11.3 Å². The third kappa shape index (κ3) is 6.50. The van der Waals surface area contributed by atoms with E-state index in [9.17, 15) is 9.90 Å². The molecule has 1 radical (unpaired) electrons. The molecule has 0 aliphatic heterocycles. The number of carbonyl (C=O) groups excluding carboxylic acids is 1. The molecular weight excluding hydrogens is 743 g/mol. The van der Waals surface area contributed by atoms with E-state index in [2.05, 4.69) is 97.9 Å². The molecule has 1 heterocycles. The largest absolute Gasteiger partial charge is 0.512 e. The van der Waals surface area contributed by atoms with Crippen molar-refractivity contribution in [2.75, 3.05) is 0 Å². The van der Waals surface area contributed by atoms with Crippen LogP contribution < -0.4 is 0 Å². The van der Waals surface area contributed by atoms with Crippen LogP contribution >= 0.6 is 0 Å². The third-order valence-electron chi connectivity index (χ3n) is 11.2. The Labute approximate surface area is 291 Å². The number of aryl methyl sites for hydroxylation is 4. The van der Waals surface area contributed by atoms with Crippen molar-refractivity contribution >= 4 is 27.5 Å². The van der Waals surface area contributed by atoms with Gasteiger partial charge >= 0.3 is 0 Å². The van der Waals surface area contributed by atoms with Gasteiger partial charge in [-0.05, 0) is 74.5 Å². The van der Waals surface area contributed by atoms with Crippen LogP contribution in [0.1, 0.15) is 114 Å². The molecule has 1 aromatic heterocycles. The van der Waals surface area contributed by atoms with Crippen molar-refractivity contribution in [3.63, 3.8) is 0 Å². The Hall–Kier alpha value is -2.81. The third-order valence-corrected chi connectivity index (χ3v) is 11.2. The van der Waals surface area contributed by atoms with Crippen LogP contribution in [0.4, 0.5) is 0 Å². The molecule has 0 unspecified atom stereocenters. The standard InChI is InChI=1S/C29H30N.C13H24O2.Ir/c1-16-13-20-15-23-25(19(4)22(20)14-17(16)2)28(5,6)29(7,8)26-18(3)21-11-9-10-12-24(21)30-27(23)26;1-5-10(6-2)12(14)9-13(15)11(7-3)8-4;/h9-14H,1-8H3;9-11,14H,5-8H2,1-4H3;/q-1;;/b;12-9-;. The van der Waals surface area contributed by atoms with Crippen molar-refractivity contribution in [1.82, 2.24) is 4.98 Å². The zero-order valence-corrected chi connectivity index (χ0v) is 32.6. The van der Waals surface area contributed by atoms with Gasteiger partial charge in [0, 0.05) is 49.1 Å². The first-order chi connectivity index (χ1) is 21.2. The number of fused-ring (bicyclic) bond motifs is 5. The zero-order valence-electron chi connectivity index (χ0n) is 30.2. The van der Waals surface area contributed by atoms with Gasteiger partial charge < -0.3 is 5.11 Å². The van der Waals surface area contributed by atoms with E-state index >= 15 is 0 Å². The predicted octanol–water partition coefficient (Wildman–Crippen LogP) is 11.5. The molecule has 4 aromatic rings. The van der Waals surface area contributed by atoms with Crippen LogP contribution in [0.3, 0.4) is 0 Å². The summed E-state index contributed by atoms with van der Waals surface area (Å²) in [6, 6.07) is 17.0. The molecule has 1 N–H and O–H groups in total. The van der Waals surface area contributed by atoms with Gasteiger partial charge in [-0.3, -0.25) is 9.78 Å². The van der Waals surface area contributed by atoms with Crippen molar-refractivity contribution in [3.05, 3.63) is 87.7 Å². The Morgan fingerprint density at radius 2 is 1.33 bits per heavy atom. The second-order valence-corrected chi connectivity index (χ2v) is 14.2. The van der Waals surface area contributed by atoms with E-state index in [0.717, 1.165) is 36.9 Å². The molecule has 0 spiro atoms. The molecule has 5 rings (SSSR count). The van der Waals surface area contributed by atoms with Crippen LogP contribution in [0.25, 0.3) is 32.9 Å². The molecular formula is C42H54IrNO2-. The van der Waals surface area contributed by atoms with Crippen molar-refractivity contribution in [2.45, 2.75) is 120 Å². The molecule has 4 heteroatoms. The number of aliphatic hydroxyl groups is 1. The first-order valence-corrected chi connectivity index (χ1v) is 17.0. The summed E-state index contributed by atoms with van der Waals surface area (Å²) in [7, 11) is 0. The summed E-state index contributed by atoms with van der Waals surface area (Å²) in [5.74, 6) is 0.547. The van der Waals surface area contributed by atoms with Gasteiger partial charge in [-0.15, -0.1) is 23.1 Å². The maximum absolute atomic E-state index is 11.7. The van der Waals surface area contributed by atoms with Gasteiger partial charge in [-0.25, -0.2) is 0 Å². The van der Waals surface area contributed by atoms with Crippen molar-refractivity contribution in [2.24, 2.45) is 11.8 Å². The van der Waals surface area contributed by atoms with E-state index in [1.54, 1.807) is 0 Å². The summed E-state index contributed by atoms with van der Waals surface area (Å²) in [6.07, 6.45) is 4.91. The smallest absolute Gasteiger partial charge is 0.162 e. The second-order valence-electron chi connectivity index (χ2n) is 14.2. The summed E-state index contributed by atoms with van der Waals surface area (Å²) >= 11 is 0.